The summed E-state index contributed by atoms with van der Waals surface area (Å²) < 4.78 is 16.4. The van der Waals surface area contributed by atoms with E-state index in [4.69, 9.17) is 14.2 Å². The number of carbonyl (C=O) groups is 1. The van der Waals surface area contributed by atoms with Crippen LogP contribution in [-0.4, -0.2) is 55.6 Å². The van der Waals surface area contributed by atoms with Crippen LogP contribution in [0.3, 0.4) is 0 Å². The van der Waals surface area contributed by atoms with Gasteiger partial charge in [0.05, 0.1) is 50.5 Å². The fourth-order valence-electron chi connectivity index (χ4n) is 4.84. The van der Waals surface area contributed by atoms with Crippen LogP contribution in [0.4, 0.5) is 0 Å². The van der Waals surface area contributed by atoms with E-state index in [0.717, 1.165) is 16.5 Å². The summed E-state index contributed by atoms with van der Waals surface area (Å²) in [5.74, 6) is 2.09. The predicted octanol–water partition coefficient (Wildman–Crippen LogP) is 4.06. The number of fused-ring (bicyclic) bond motifs is 1. The highest BCUT2D eigenvalue weighted by atomic mass is 32.2. The fourth-order valence-corrected chi connectivity index (χ4v) is 6.08. The molecule has 2 fully saturated rings. The van der Waals surface area contributed by atoms with Crippen LogP contribution in [0.5, 0.6) is 17.2 Å². The molecule has 1 aromatic carbocycles. The lowest BCUT2D eigenvalue weighted by molar-refractivity contribution is -0.132. The first-order valence-electron chi connectivity index (χ1n) is 10.7. The number of rotatable bonds is 5. The van der Waals surface area contributed by atoms with E-state index in [1.165, 1.54) is 32.1 Å². The third kappa shape index (κ3) is 4.09. The molecule has 1 aliphatic carbocycles. The molecule has 3 aliphatic rings. The molecule has 0 radical (unpaired) electrons. The minimum Gasteiger partial charge on any atom is -0.493 e. The fraction of sp³-hybridized carbons (Fsp3) is 0.565. The second-order valence-corrected chi connectivity index (χ2v) is 9.10. The largest absolute Gasteiger partial charge is 0.493 e. The van der Waals surface area contributed by atoms with Gasteiger partial charge in [0.1, 0.15) is 0 Å². The minimum absolute atomic E-state index is 0.0563. The molecule has 0 bridgehead atoms. The molecule has 1 saturated heterocycles. The average Bonchev–Trinajstić information content (AvgIpc) is 2.83. The van der Waals surface area contributed by atoms with E-state index >= 15 is 0 Å². The molecule has 31 heavy (non-hydrogen) atoms. The van der Waals surface area contributed by atoms with Gasteiger partial charge in [-0.25, -0.2) is 0 Å². The number of allylic oxidation sites excluding steroid dienone is 1. The van der Waals surface area contributed by atoms with Crippen LogP contribution >= 0.6 is 11.8 Å². The van der Waals surface area contributed by atoms with Crippen LogP contribution < -0.4 is 14.2 Å². The lowest BCUT2D eigenvalue weighted by Gasteiger charge is -2.44. The molecule has 4 rings (SSSR count). The predicted molar refractivity (Wildman–Crippen MR) is 119 cm³/mol. The van der Waals surface area contributed by atoms with Gasteiger partial charge in [0.15, 0.2) is 11.5 Å². The highest BCUT2D eigenvalue weighted by molar-refractivity contribution is 8.03. The third-order valence-electron chi connectivity index (χ3n) is 6.49. The summed E-state index contributed by atoms with van der Waals surface area (Å²) in [7, 11) is 4.69. The first kappa shape index (κ1) is 21.8. The third-order valence-corrected chi connectivity index (χ3v) is 7.67. The molecule has 1 aromatic rings. The number of hydrogen-bond acceptors (Lipinski definition) is 7. The zero-order chi connectivity index (χ0) is 22.0. The summed E-state index contributed by atoms with van der Waals surface area (Å²) in [4.78, 5) is 17.4. The van der Waals surface area contributed by atoms with Crippen LogP contribution in [0.1, 0.15) is 50.0 Å². The molecular formula is C23H29N3O4S. The minimum atomic E-state index is -0.328. The van der Waals surface area contributed by atoms with E-state index in [2.05, 4.69) is 11.0 Å². The molecule has 1 saturated carbocycles. The molecule has 8 heteroatoms. The van der Waals surface area contributed by atoms with Gasteiger partial charge in [0.25, 0.3) is 0 Å². The molecule has 2 heterocycles. The van der Waals surface area contributed by atoms with Crippen LogP contribution in [0.15, 0.2) is 22.7 Å². The van der Waals surface area contributed by atoms with Gasteiger partial charge in [-0.15, -0.1) is 0 Å². The van der Waals surface area contributed by atoms with Gasteiger partial charge in [-0.3, -0.25) is 14.6 Å². The van der Waals surface area contributed by atoms with E-state index in [9.17, 15) is 10.1 Å². The standard InChI is InChI=1S/C23H29N3O4S/c1-28-19-9-15(10-20(29-2)22(19)30-3)17-11-21(27)26-13-25(16-7-5-4-6-8-16)14-31-23(26)18(17)12-24/h9-10,16-17H,4-8,11,13-14H2,1-3H3/t17-/m1/s1. The summed E-state index contributed by atoms with van der Waals surface area (Å²) in [5, 5.41) is 10.9. The van der Waals surface area contributed by atoms with Crippen molar-refractivity contribution < 1.29 is 19.0 Å². The van der Waals surface area contributed by atoms with Gasteiger partial charge in [-0.1, -0.05) is 31.0 Å². The Balaban J connectivity index is 1.67. The van der Waals surface area contributed by atoms with Crippen LogP contribution in [-0.2, 0) is 4.79 Å². The smallest absolute Gasteiger partial charge is 0.229 e. The molecule has 1 atom stereocenters. The zero-order valence-corrected chi connectivity index (χ0v) is 19.2. The normalized spacial score (nSPS) is 22.7. The van der Waals surface area contributed by atoms with Gasteiger partial charge in [-0.2, -0.15) is 5.26 Å². The number of benzene rings is 1. The van der Waals surface area contributed by atoms with Crippen LogP contribution in [0, 0.1) is 11.3 Å². The molecular weight excluding hydrogens is 414 g/mol. The summed E-state index contributed by atoms with van der Waals surface area (Å²) in [6.45, 7) is 0.582. The maximum atomic E-state index is 13.2. The number of methoxy groups -OCH3 is 3. The molecule has 0 aromatic heterocycles. The second kappa shape index (κ2) is 9.41. The van der Waals surface area contributed by atoms with E-state index < -0.39 is 0 Å². The molecule has 2 aliphatic heterocycles. The molecule has 7 nitrogen and oxygen atoms in total. The van der Waals surface area contributed by atoms with Gasteiger partial charge < -0.3 is 14.2 Å². The lowest BCUT2D eigenvalue weighted by Crippen LogP contribution is -2.51. The maximum absolute atomic E-state index is 13.2. The quantitative estimate of drug-likeness (QED) is 0.679. The van der Waals surface area contributed by atoms with Crippen molar-refractivity contribution in [2.45, 2.75) is 50.5 Å². The summed E-state index contributed by atoms with van der Waals surface area (Å²) in [6.07, 6.45) is 6.47. The van der Waals surface area contributed by atoms with E-state index in [-0.39, 0.29) is 18.2 Å². The molecule has 166 valence electrons. The summed E-state index contributed by atoms with van der Waals surface area (Å²) >= 11 is 1.61. The number of thioether (sulfide) groups is 1. The van der Waals surface area contributed by atoms with E-state index in [1.807, 2.05) is 17.0 Å². The highest BCUT2D eigenvalue weighted by Gasteiger charge is 2.40. The first-order chi connectivity index (χ1) is 15.1. The van der Waals surface area contributed by atoms with Crippen molar-refractivity contribution in [1.82, 2.24) is 9.80 Å². The second-order valence-electron chi connectivity index (χ2n) is 8.16. The van der Waals surface area contributed by atoms with Gasteiger partial charge in [-0.05, 0) is 30.5 Å². The summed E-state index contributed by atoms with van der Waals surface area (Å²) in [6, 6.07) is 6.62. The number of hydrogen-bond donors (Lipinski definition) is 0. The van der Waals surface area contributed by atoms with Crippen molar-refractivity contribution >= 4 is 17.7 Å². The summed E-state index contributed by atoms with van der Waals surface area (Å²) in [5.41, 5.74) is 1.46. The Morgan fingerprint density at radius 1 is 1.06 bits per heavy atom. The average molecular weight is 444 g/mol. The Morgan fingerprint density at radius 3 is 2.32 bits per heavy atom. The van der Waals surface area contributed by atoms with E-state index in [0.29, 0.717) is 35.5 Å². The lowest BCUT2D eigenvalue weighted by atomic mass is 9.86. The Kier molecular flexibility index (Phi) is 6.63. The van der Waals surface area contributed by atoms with Crippen molar-refractivity contribution in [1.29, 1.82) is 5.26 Å². The number of amides is 1. The first-order valence-corrected chi connectivity index (χ1v) is 11.7. The van der Waals surface area contributed by atoms with Gasteiger partial charge in [0, 0.05) is 18.4 Å². The topological polar surface area (TPSA) is 75.0 Å². The monoisotopic (exact) mass is 443 g/mol. The number of carbonyl (C=O) groups excluding carboxylic acids is 1. The number of nitriles is 1. The Morgan fingerprint density at radius 2 is 1.74 bits per heavy atom. The van der Waals surface area contributed by atoms with Gasteiger partial charge >= 0.3 is 0 Å². The van der Waals surface area contributed by atoms with Crippen LogP contribution in [0.2, 0.25) is 0 Å². The maximum Gasteiger partial charge on any atom is 0.229 e. The van der Waals surface area contributed by atoms with E-state index in [1.54, 1.807) is 33.1 Å². The van der Waals surface area contributed by atoms with Crippen LogP contribution in [0.25, 0.3) is 0 Å². The number of nitrogens with zero attached hydrogens (tertiary/aromatic N) is 3. The molecule has 1 amide bonds. The molecule has 0 spiro atoms. The Labute approximate surface area is 187 Å². The Hall–Kier alpha value is -2.37. The van der Waals surface area contributed by atoms with Crippen molar-refractivity contribution in [2.24, 2.45) is 0 Å². The zero-order valence-electron chi connectivity index (χ0n) is 18.3. The molecule has 0 unspecified atom stereocenters. The van der Waals surface area contributed by atoms with Crippen molar-refractivity contribution in [3.63, 3.8) is 0 Å². The number of ether oxygens (including phenoxy) is 3. The Bertz CT molecular complexity index is 895. The SMILES string of the molecule is COc1cc([C@H]2CC(=O)N3CN(C4CCCCC4)CSC3=C2C#N)cc(OC)c1OC. The van der Waals surface area contributed by atoms with Gasteiger partial charge in [0.2, 0.25) is 11.7 Å². The van der Waals surface area contributed by atoms with Crippen molar-refractivity contribution in [3.05, 3.63) is 28.3 Å². The van der Waals surface area contributed by atoms with Crippen molar-refractivity contribution in [2.75, 3.05) is 33.9 Å². The molecule has 0 N–H and O–H groups in total. The van der Waals surface area contributed by atoms with Crippen molar-refractivity contribution in [3.8, 4) is 23.3 Å². The highest BCUT2D eigenvalue weighted by Crippen LogP contribution is 2.47.